The lowest BCUT2D eigenvalue weighted by Gasteiger charge is -2.12. The molecule has 1 N–H and O–H groups in total. The van der Waals surface area contributed by atoms with Crippen molar-refractivity contribution in [1.82, 2.24) is 0 Å². The van der Waals surface area contributed by atoms with Crippen LogP contribution >= 0.6 is 11.3 Å². The summed E-state index contributed by atoms with van der Waals surface area (Å²) in [5, 5.41) is 3.28. The van der Waals surface area contributed by atoms with Crippen molar-refractivity contribution >= 4 is 38.1 Å². The van der Waals surface area contributed by atoms with Gasteiger partial charge >= 0.3 is 5.97 Å². The van der Waals surface area contributed by atoms with Crippen molar-refractivity contribution in [2.45, 2.75) is 44.4 Å². The fraction of sp³-hybridized carbons (Fsp3) is 0.400. The van der Waals surface area contributed by atoms with Crippen LogP contribution in [-0.2, 0) is 27.4 Å². The summed E-state index contributed by atoms with van der Waals surface area (Å²) < 4.78 is 29.4. The SMILES string of the molecule is CCOC(=O)c1c(NC(=O)c2cccc(S(=O)(=O)CC)c2)sc2c1CCCC2. The van der Waals surface area contributed by atoms with E-state index in [-0.39, 0.29) is 22.8 Å². The van der Waals surface area contributed by atoms with E-state index in [1.807, 2.05) is 0 Å². The number of sulfone groups is 1. The highest BCUT2D eigenvalue weighted by Crippen LogP contribution is 2.38. The number of fused-ring (bicyclic) bond motifs is 1. The normalized spacial score (nSPS) is 13.6. The Bertz CT molecular complexity index is 1010. The third-order valence-electron chi connectivity index (χ3n) is 4.71. The standard InChI is InChI=1S/C20H23NO5S2/c1-3-26-20(23)17-15-10-5-6-11-16(15)27-19(17)21-18(22)13-8-7-9-14(12-13)28(24,25)4-2/h7-9,12H,3-6,10-11H2,1-2H3,(H,21,22). The average molecular weight is 422 g/mol. The highest BCUT2D eigenvalue weighted by molar-refractivity contribution is 7.91. The minimum Gasteiger partial charge on any atom is -0.462 e. The molecule has 2 aromatic rings. The second kappa shape index (κ2) is 8.45. The zero-order valence-corrected chi connectivity index (χ0v) is 17.5. The Kier molecular flexibility index (Phi) is 6.20. The van der Waals surface area contributed by atoms with Gasteiger partial charge in [0, 0.05) is 10.4 Å². The van der Waals surface area contributed by atoms with Gasteiger partial charge in [0.25, 0.3) is 5.91 Å². The molecule has 1 aliphatic rings. The summed E-state index contributed by atoms with van der Waals surface area (Å²) in [5.74, 6) is -0.917. The zero-order chi connectivity index (χ0) is 20.3. The van der Waals surface area contributed by atoms with Crippen molar-refractivity contribution in [3.63, 3.8) is 0 Å². The van der Waals surface area contributed by atoms with Crippen molar-refractivity contribution in [3.05, 3.63) is 45.8 Å². The van der Waals surface area contributed by atoms with Crippen LogP contribution in [0.25, 0.3) is 0 Å². The molecule has 0 saturated carbocycles. The Labute approximate surface area is 168 Å². The second-order valence-corrected chi connectivity index (χ2v) is 9.90. The first-order chi connectivity index (χ1) is 13.4. The van der Waals surface area contributed by atoms with E-state index in [4.69, 9.17) is 4.74 Å². The summed E-state index contributed by atoms with van der Waals surface area (Å²) in [7, 11) is -3.41. The van der Waals surface area contributed by atoms with Crippen molar-refractivity contribution < 1.29 is 22.7 Å². The lowest BCUT2D eigenvalue weighted by molar-refractivity contribution is 0.0526. The van der Waals surface area contributed by atoms with Crippen molar-refractivity contribution in [3.8, 4) is 0 Å². The molecule has 6 nitrogen and oxygen atoms in total. The number of amides is 1. The van der Waals surface area contributed by atoms with E-state index in [0.717, 1.165) is 36.1 Å². The minimum atomic E-state index is -3.41. The maximum absolute atomic E-state index is 12.8. The number of benzene rings is 1. The number of ether oxygens (including phenoxy) is 1. The maximum atomic E-state index is 12.8. The van der Waals surface area contributed by atoms with Crippen LogP contribution in [0.5, 0.6) is 0 Å². The summed E-state index contributed by atoms with van der Waals surface area (Å²) in [5.41, 5.74) is 1.63. The molecule has 28 heavy (non-hydrogen) atoms. The number of rotatable bonds is 6. The Morgan fingerprint density at radius 3 is 2.64 bits per heavy atom. The lowest BCUT2D eigenvalue weighted by Crippen LogP contribution is -2.16. The predicted octanol–water partition coefficient (Wildman–Crippen LogP) is 3.85. The van der Waals surface area contributed by atoms with Crippen LogP contribution in [0.15, 0.2) is 29.2 Å². The number of hydrogen-bond donors (Lipinski definition) is 1. The largest absolute Gasteiger partial charge is 0.462 e. The van der Waals surface area contributed by atoms with Gasteiger partial charge in [0.1, 0.15) is 5.00 Å². The number of anilines is 1. The summed E-state index contributed by atoms with van der Waals surface area (Å²) in [4.78, 5) is 26.5. The van der Waals surface area contributed by atoms with Crippen LogP contribution in [0.1, 0.15) is 57.8 Å². The van der Waals surface area contributed by atoms with Gasteiger partial charge in [-0.25, -0.2) is 13.2 Å². The molecule has 1 aromatic carbocycles. The fourth-order valence-corrected chi connectivity index (χ4v) is 5.44. The molecule has 0 aliphatic heterocycles. The molecule has 0 spiro atoms. The number of aryl methyl sites for hydroxylation is 1. The number of hydrogen-bond acceptors (Lipinski definition) is 6. The monoisotopic (exact) mass is 421 g/mol. The van der Waals surface area contributed by atoms with E-state index < -0.39 is 21.7 Å². The van der Waals surface area contributed by atoms with Gasteiger partial charge in [-0.15, -0.1) is 11.3 Å². The van der Waals surface area contributed by atoms with Crippen LogP contribution in [0, 0.1) is 0 Å². The van der Waals surface area contributed by atoms with Gasteiger partial charge in [0.05, 0.1) is 22.8 Å². The first-order valence-corrected chi connectivity index (χ1v) is 11.8. The minimum absolute atomic E-state index is 0.0390. The highest BCUT2D eigenvalue weighted by atomic mass is 32.2. The first kappa shape index (κ1) is 20.5. The van der Waals surface area contributed by atoms with Gasteiger partial charge in [-0.05, 0) is 56.4 Å². The predicted molar refractivity (Wildman–Crippen MR) is 109 cm³/mol. The molecule has 150 valence electrons. The molecule has 0 saturated heterocycles. The number of thiophene rings is 1. The molecule has 3 rings (SSSR count). The van der Waals surface area contributed by atoms with Gasteiger partial charge in [0.2, 0.25) is 0 Å². The van der Waals surface area contributed by atoms with E-state index in [1.54, 1.807) is 26.0 Å². The van der Waals surface area contributed by atoms with Gasteiger partial charge in [0.15, 0.2) is 9.84 Å². The van der Waals surface area contributed by atoms with Crippen LogP contribution in [0.4, 0.5) is 5.00 Å². The molecule has 1 heterocycles. The molecule has 1 aromatic heterocycles. The van der Waals surface area contributed by atoms with E-state index >= 15 is 0 Å². The number of nitrogens with one attached hydrogen (secondary N) is 1. The van der Waals surface area contributed by atoms with Gasteiger partial charge < -0.3 is 10.1 Å². The molecule has 0 fully saturated rings. The molecular weight excluding hydrogens is 398 g/mol. The Balaban J connectivity index is 1.94. The molecule has 0 bridgehead atoms. The van der Waals surface area contributed by atoms with Crippen molar-refractivity contribution in [2.24, 2.45) is 0 Å². The van der Waals surface area contributed by atoms with Crippen LogP contribution < -0.4 is 5.32 Å². The first-order valence-electron chi connectivity index (χ1n) is 9.33. The molecular formula is C20H23NO5S2. The second-order valence-electron chi connectivity index (χ2n) is 6.52. The molecule has 0 atom stereocenters. The van der Waals surface area contributed by atoms with Gasteiger partial charge in [-0.3, -0.25) is 4.79 Å². The van der Waals surface area contributed by atoms with E-state index in [1.165, 1.54) is 23.5 Å². The molecule has 0 unspecified atom stereocenters. The summed E-state index contributed by atoms with van der Waals surface area (Å²) in [6.45, 7) is 3.56. The van der Waals surface area contributed by atoms with Gasteiger partial charge in [-0.2, -0.15) is 0 Å². The number of carbonyl (C=O) groups excluding carboxylic acids is 2. The quantitative estimate of drug-likeness (QED) is 0.716. The Hall–Kier alpha value is -2.19. The summed E-state index contributed by atoms with van der Waals surface area (Å²) >= 11 is 1.40. The van der Waals surface area contributed by atoms with Crippen LogP contribution in [-0.4, -0.2) is 32.7 Å². The summed E-state index contributed by atoms with van der Waals surface area (Å²) in [6.07, 6.45) is 3.73. The van der Waals surface area contributed by atoms with Crippen molar-refractivity contribution in [2.75, 3.05) is 17.7 Å². The van der Waals surface area contributed by atoms with Crippen LogP contribution in [0.3, 0.4) is 0 Å². The molecule has 8 heteroatoms. The lowest BCUT2D eigenvalue weighted by atomic mass is 9.95. The number of carbonyl (C=O) groups is 2. The number of esters is 1. The Morgan fingerprint density at radius 2 is 1.93 bits per heavy atom. The summed E-state index contributed by atoms with van der Waals surface area (Å²) in [6, 6.07) is 5.94. The van der Waals surface area contributed by atoms with E-state index in [2.05, 4.69) is 5.32 Å². The Morgan fingerprint density at radius 1 is 1.18 bits per heavy atom. The molecule has 1 amide bonds. The molecule has 1 aliphatic carbocycles. The van der Waals surface area contributed by atoms with Crippen LogP contribution in [0.2, 0.25) is 0 Å². The third kappa shape index (κ3) is 4.12. The third-order valence-corrected chi connectivity index (χ3v) is 7.65. The smallest absolute Gasteiger partial charge is 0.341 e. The van der Waals surface area contributed by atoms with Gasteiger partial charge in [-0.1, -0.05) is 13.0 Å². The molecule has 0 radical (unpaired) electrons. The maximum Gasteiger partial charge on any atom is 0.341 e. The average Bonchev–Trinajstić information content (AvgIpc) is 3.06. The van der Waals surface area contributed by atoms with E-state index in [0.29, 0.717) is 10.6 Å². The fourth-order valence-electron chi connectivity index (χ4n) is 3.25. The highest BCUT2D eigenvalue weighted by Gasteiger charge is 2.27. The van der Waals surface area contributed by atoms with E-state index in [9.17, 15) is 18.0 Å². The van der Waals surface area contributed by atoms with Crippen molar-refractivity contribution in [1.29, 1.82) is 0 Å². The zero-order valence-electron chi connectivity index (χ0n) is 15.9. The topological polar surface area (TPSA) is 89.5 Å².